The van der Waals surface area contributed by atoms with Gasteiger partial charge in [0.25, 0.3) is 0 Å². The molecule has 0 rings (SSSR count). The summed E-state index contributed by atoms with van der Waals surface area (Å²) in [6.45, 7) is 15.5. The van der Waals surface area contributed by atoms with Crippen molar-refractivity contribution < 1.29 is 39.9 Å². The maximum absolute atomic E-state index is 4.12. The number of hydrogen-bond acceptors (Lipinski definition) is 1. The van der Waals surface area contributed by atoms with E-state index in [0.717, 1.165) is 0 Å². The van der Waals surface area contributed by atoms with E-state index in [1.165, 1.54) is 0 Å². The molecule has 0 aliphatic carbocycles. The van der Waals surface area contributed by atoms with Gasteiger partial charge in [-0.1, -0.05) is 32.7 Å². The Morgan fingerprint density at radius 3 is 1.30 bits per heavy atom. The van der Waals surface area contributed by atoms with Crippen molar-refractivity contribution in [2.24, 2.45) is 0 Å². The fraction of sp³-hybridized carbons (Fsp3) is 0.833. The van der Waals surface area contributed by atoms with E-state index in [0.29, 0.717) is 0 Å². The van der Waals surface area contributed by atoms with Crippen LogP contribution in [0.2, 0.25) is 32.7 Å². The molecule has 10 heavy (non-hydrogen) atoms. The summed E-state index contributed by atoms with van der Waals surface area (Å²) in [5.74, 6) is 0. The van der Waals surface area contributed by atoms with Crippen LogP contribution < -0.4 is 4.65 Å². The van der Waals surface area contributed by atoms with E-state index in [9.17, 15) is 0 Å². The molecule has 0 saturated heterocycles. The normalized spacial score (nSPS) is 12.6. The molecule has 0 aliphatic heterocycles. The Bertz CT molecular complexity index is 80.9. The topological polar surface area (TPSA) is 12.0 Å². The maximum atomic E-state index is 4.12. The molecule has 0 aromatic rings. The molecule has 0 amide bonds. The molecule has 1 nitrogen and oxygen atoms in total. The van der Waals surface area contributed by atoms with Crippen LogP contribution in [0.1, 0.15) is 0 Å². The van der Waals surface area contributed by atoms with Crippen molar-refractivity contribution in [2.75, 3.05) is 0 Å². The van der Waals surface area contributed by atoms with Crippen molar-refractivity contribution in [1.29, 1.82) is 0 Å². The average molecular weight is 392 g/mol. The number of nitrogens with one attached hydrogen (secondary N) is 1. The molecule has 0 aromatic carbocycles. The zero-order valence-corrected chi connectivity index (χ0v) is 13.8. The quantitative estimate of drug-likeness (QED) is 0.560. The second kappa shape index (κ2) is 4.67. The Morgan fingerprint density at radius 2 is 1.30 bits per heavy atom. The van der Waals surface area contributed by atoms with Crippen LogP contribution in [0.5, 0.6) is 0 Å². The molecule has 60 valence electrons. The Kier molecular flexibility index (Phi) is 6.66. The molecule has 0 heterocycles. The molecular formula is C6H18NSi2Th-. The van der Waals surface area contributed by atoms with Crippen molar-refractivity contribution in [2.45, 2.75) is 32.7 Å². The zero-order chi connectivity index (χ0) is 7.71. The molecule has 0 spiro atoms. The Labute approximate surface area is 99.2 Å². The van der Waals surface area contributed by atoms with E-state index >= 15 is 0 Å². The van der Waals surface area contributed by atoms with Gasteiger partial charge >= 0.3 is 0 Å². The third kappa shape index (κ3) is 12.4. The van der Waals surface area contributed by atoms with Crippen LogP contribution in [0.25, 0.3) is 0 Å². The molecular weight excluding hydrogens is 374 g/mol. The van der Waals surface area contributed by atoms with Crippen molar-refractivity contribution in [3.8, 4) is 0 Å². The summed E-state index contributed by atoms with van der Waals surface area (Å²) >= 11 is 0. The summed E-state index contributed by atoms with van der Waals surface area (Å²) in [6.07, 6.45) is 0. The summed E-state index contributed by atoms with van der Waals surface area (Å²) in [4.78, 5) is 0. The molecule has 0 fully saturated rings. The smallest absolute Gasteiger partial charge is 0.108 e. The Hall–Kier alpha value is 1.72. The zero-order valence-electron chi connectivity index (χ0n) is 7.71. The second-order valence-corrected chi connectivity index (χ2v) is 13.5. The van der Waals surface area contributed by atoms with Gasteiger partial charge in [-0.15, -0.1) is 0 Å². The first-order valence-corrected chi connectivity index (χ1v) is 10.1. The SMILES string of the molecule is [CH2-][Si](C)(C)N[Si](C)(C)C.[Th]. The first kappa shape index (κ1) is 14.3. The molecule has 0 radical (unpaired) electrons. The van der Waals surface area contributed by atoms with Gasteiger partial charge in [-0.2, -0.15) is 0 Å². The van der Waals surface area contributed by atoms with Crippen LogP contribution in [0.4, 0.5) is 0 Å². The molecule has 4 heteroatoms. The van der Waals surface area contributed by atoms with E-state index in [1.807, 2.05) is 0 Å². The molecule has 1 N–H and O–H groups in total. The standard InChI is InChI=1S/C6H18NSi2.Th/c1-8(2,3)7-9(4,5)6;/h7H,1H2,2-6H3;/q-1;. The van der Waals surface area contributed by atoms with Gasteiger partial charge in [0.1, 0.15) is 8.24 Å². The van der Waals surface area contributed by atoms with Gasteiger partial charge < -0.3 is 11.2 Å². The first-order valence-electron chi connectivity index (χ1n) is 3.35. The van der Waals surface area contributed by atoms with Crippen molar-refractivity contribution in [1.82, 2.24) is 4.65 Å². The van der Waals surface area contributed by atoms with Gasteiger partial charge in [-0.3, -0.25) is 0 Å². The third-order valence-corrected chi connectivity index (χ3v) is 6.42. The van der Waals surface area contributed by atoms with Crippen molar-refractivity contribution in [3.05, 3.63) is 6.55 Å². The van der Waals surface area contributed by atoms with Gasteiger partial charge in [-0.25, -0.2) is 0 Å². The largest absolute Gasteiger partial charge is 0.384 e. The molecule has 0 aromatic heterocycles. The summed E-state index contributed by atoms with van der Waals surface area (Å²) < 4.78 is 3.62. The van der Waals surface area contributed by atoms with E-state index in [-0.39, 0.29) is 39.9 Å². The molecule has 0 bridgehead atoms. The fourth-order valence-corrected chi connectivity index (χ4v) is 9.14. The number of hydrogen-bond donors (Lipinski definition) is 1. The monoisotopic (exact) mass is 392 g/mol. The van der Waals surface area contributed by atoms with E-state index < -0.39 is 16.5 Å². The van der Waals surface area contributed by atoms with Gasteiger partial charge in [0.15, 0.2) is 0 Å². The van der Waals surface area contributed by atoms with E-state index in [1.54, 1.807) is 0 Å². The minimum absolute atomic E-state index is 0. The predicted octanol–water partition coefficient (Wildman–Crippen LogP) is 1.99. The molecule has 0 saturated carbocycles. The average Bonchev–Trinajstić information content (AvgIpc) is 1.14. The van der Waals surface area contributed by atoms with E-state index in [4.69, 9.17) is 0 Å². The van der Waals surface area contributed by atoms with Gasteiger partial charge in [0.2, 0.25) is 0 Å². The summed E-state index contributed by atoms with van der Waals surface area (Å²) in [5.41, 5.74) is 0. The van der Waals surface area contributed by atoms with Crippen LogP contribution >= 0.6 is 0 Å². The summed E-state index contributed by atoms with van der Waals surface area (Å²) in [5, 5.41) is 0. The molecule has 0 unspecified atom stereocenters. The second-order valence-electron chi connectivity index (χ2n) is 4.26. The van der Waals surface area contributed by atoms with Crippen LogP contribution in [-0.4, -0.2) is 16.5 Å². The van der Waals surface area contributed by atoms with Gasteiger partial charge in [-0.05, 0) is 8.24 Å². The summed E-state index contributed by atoms with van der Waals surface area (Å²) in [7, 11) is -2.27. The fourth-order valence-electron chi connectivity index (χ4n) is 1.02. The maximum Gasteiger partial charge on any atom is 0.108 e. The summed E-state index contributed by atoms with van der Waals surface area (Å²) in [6, 6.07) is 0. The van der Waals surface area contributed by atoms with Gasteiger partial charge in [0.05, 0.1) is 0 Å². The first-order chi connectivity index (χ1) is 3.71. The number of rotatable bonds is 2. The predicted molar refractivity (Wildman–Crippen MR) is 49.3 cm³/mol. The Morgan fingerprint density at radius 1 is 1.00 bits per heavy atom. The van der Waals surface area contributed by atoms with Crippen LogP contribution in [0.15, 0.2) is 0 Å². The minimum atomic E-state index is -1.23. The van der Waals surface area contributed by atoms with Crippen LogP contribution in [0.3, 0.4) is 0 Å². The van der Waals surface area contributed by atoms with Crippen LogP contribution in [-0.2, 0) is 0 Å². The van der Waals surface area contributed by atoms with Gasteiger partial charge in [0, 0.05) is 39.9 Å². The van der Waals surface area contributed by atoms with Crippen molar-refractivity contribution in [3.63, 3.8) is 0 Å². The molecule has 0 atom stereocenters. The minimum Gasteiger partial charge on any atom is -0.384 e. The molecule has 0 aliphatic rings. The Balaban J connectivity index is 0. The van der Waals surface area contributed by atoms with Crippen molar-refractivity contribution >= 4 is 16.5 Å². The van der Waals surface area contributed by atoms with E-state index in [2.05, 4.69) is 43.9 Å². The third-order valence-electron chi connectivity index (χ3n) is 0.713. The van der Waals surface area contributed by atoms with Crippen LogP contribution in [0, 0.1) is 46.5 Å².